The summed E-state index contributed by atoms with van der Waals surface area (Å²) in [5, 5.41) is 0.200. The van der Waals surface area contributed by atoms with Gasteiger partial charge in [0.1, 0.15) is 5.60 Å². The van der Waals surface area contributed by atoms with E-state index >= 15 is 0 Å². The first-order valence-electron chi connectivity index (χ1n) is 4.89. The predicted molar refractivity (Wildman–Crippen MR) is 56.3 cm³/mol. The topological polar surface area (TPSA) is 26.3 Å². The first-order chi connectivity index (χ1) is 5.72. The monoisotopic (exact) mass is 200 g/mol. The van der Waals surface area contributed by atoms with Gasteiger partial charge in [-0.15, -0.1) is 0 Å². The molecule has 0 amide bonds. The molecule has 2 nitrogen and oxygen atoms in total. The maximum atomic E-state index is 10.8. The molecule has 1 saturated carbocycles. The Morgan fingerprint density at radius 3 is 2.00 bits per heavy atom. The highest BCUT2D eigenvalue weighted by Crippen LogP contribution is 2.46. The molecule has 0 N–H and O–H groups in total. The number of carbonyl (C=O) groups is 1. The van der Waals surface area contributed by atoms with Crippen LogP contribution in [0.1, 0.15) is 33.6 Å². The van der Waals surface area contributed by atoms with E-state index in [1.807, 2.05) is 0 Å². The summed E-state index contributed by atoms with van der Waals surface area (Å²) in [7, 11) is -1.73. The molecule has 0 aromatic rings. The standard InChI is InChI=1S/C10H20O2Si/c1-9(2,3)13(4,5)12-10(8-11)6-7-10/h8H,6-7H2,1-5H3. The minimum Gasteiger partial charge on any atom is -0.405 e. The van der Waals surface area contributed by atoms with Crippen LogP contribution < -0.4 is 0 Å². The lowest BCUT2D eigenvalue weighted by Gasteiger charge is -2.38. The highest BCUT2D eigenvalue weighted by Gasteiger charge is 2.51. The largest absolute Gasteiger partial charge is 0.405 e. The molecule has 0 aromatic heterocycles. The summed E-state index contributed by atoms with van der Waals surface area (Å²) in [6.07, 6.45) is 2.83. The van der Waals surface area contributed by atoms with Gasteiger partial charge >= 0.3 is 0 Å². The molecule has 13 heavy (non-hydrogen) atoms. The Morgan fingerprint density at radius 1 is 1.31 bits per heavy atom. The molecule has 1 aliphatic carbocycles. The van der Waals surface area contributed by atoms with Gasteiger partial charge in [0.25, 0.3) is 0 Å². The Kier molecular flexibility index (Phi) is 2.45. The van der Waals surface area contributed by atoms with Gasteiger partial charge in [0.05, 0.1) is 0 Å². The lowest BCUT2D eigenvalue weighted by molar-refractivity contribution is -0.115. The van der Waals surface area contributed by atoms with Crippen molar-refractivity contribution in [3.8, 4) is 0 Å². The Morgan fingerprint density at radius 2 is 1.77 bits per heavy atom. The van der Waals surface area contributed by atoms with E-state index < -0.39 is 8.32 Å². The molecule has 1 fully saturated rings. The van der Waals surface area contributed by atoms with Gasteiger partial charge in [-0.05, 0) is 31.0 Å². The van der Waals surface area contributed by atoms with Crippen molar-refractivity contribution in [2.45, 2.75) is 57.3 Å². The fourth-order valence-corrected chi connectivity index (χ4v) is 2.60. The third kappa shape index (κ3) is 2.20. The van der Waals surface area contributed by atoms with Crippen molar-refractivity contribution < 1.29 is 9.22 Å². The minimum atomic E-state index is -1.73. The third-order valence-electron chi connectivity index (χ3n) is 3.22. The fraction of sp³-hybridized carbons (Fsp3) is 0.900. The summed E-state index contributed by atoms with van der Waals surface area (Å²) >= 11 is 0. The highest BCUT2D eigenvalue weighted by molar-refractivity contribution is 6.74. The molecular formula is C10H20O2Si. The Bertz CT molecular complexity index is 211. The van der Waals surface area contributed by atoms with Crippen molar-refractivity contribution in [3.63, 3.8) is 0 Å². The SMILES string of the molecule is CC(C)(C)[Si](C)(C)OC1(C=O)CC1. The molecule has 0 heterocycles. The van der Waals surface area contributed by atoms with E-state index in [1.165, 1.54) is 0 Å². The van der Waals surface area contributed by atoms with E-state index in [0.717, 1.165) is 19.1 Å². The van der Waals surface area contributed by atoms with E-state index in [9.17, 15) is 4.79 Å². The predicted octanol–water partition coefficient (Wildman–Crippen LogP) is 2.74. The van der Waals surface area contributed by atoms with Crippen LogP contribution in [0.3, 0.4) is 0 Å². The summed E-state index contributed by atoms with van der Waals surface area (Å²) in [5.41, 5.74) is -0.386. The third-order valence-corrected chi connectivity index (χ3v) is 7.75. The molecule has 0 aromatic carbocycles. The first kappa shape index (κ1) is 10.9. The van der Waals surface area contributed by atoms with Gasteiger partial charge < -0.3 is 9.22 Å². The van der Waals surface area contributed by atoms with Gasteiger partial charge in [-0.1, -0.05) is 20.8 Å². The molecular weight excluding hydrogens is 180 g/mol. The van der Waals surface area contributed by atoms with Crippen molar-refractivity contribution in [1.29, 1.82) is 0 Å². The minimum absolute atomic E-state index is 0.200. The van der Waals surface area contributed by atoms with E-state index in [4.69, 9.17) is 4.43 Å². The molecule has 0 aliphatic heterocycles. The van der Waals surface area contributed by atoms with Crippen LogP contribution in [0.2, 0.25) is 18.1 Å². The van der Waals surface area contributed by atoms with Gasteiger partial charge in [-0.25, -0.2) is 0 Å². The van der Waals surface area contributed by atoms with Crippen LogP contribution in [0.15, 0.2) is 0 Å². The van der Waals surface area contributed by atoms with Crippen LogP contribution >= 0.6 is 0 Å². The number of hydrogen-bond acceptors (Lipinski definition) is 2. The Hall–Kier alpha value is -0.153. The van der Waals surface area contributed by atoms with Gasteiger partial charge in [0.15, 0.2) is 14.6 Å². The van der Waals surface area contributed by atoms with Crippen LogP contribution in [-0.2, 0) is 9.22 Å². The second-order valence-corrected chi connectivity index (χ2v) is 10.3. The second-order valence-electron chi connectivity index (χ2n) is 5.54. The highest BCUT2D eigenvalue weighted by atomic mass is 28.4. The maximum absolute atomic E-state index is 10.8. The van der Waals surface area contributed by atoms with Crippen molar-refractivity contribution in [1.82, 2.24) is 0 Å². The number of aldehydes is 1. The normalized spacial score (nSPS) is 21.3. The van der Waals surface area contributed by atoms with E-state index in [0.29, 0.717) is 0 Å². The Labute approximate surface area is 81.8 Å². The fourth-order valence-electron chi connectivity index (χ4n) is 1.03. The zero-order chi connectivity index (χ0) is 10.3. The molecule has 0 saturated heterocycles. The molecule has 0 radical (unpaired) electrons. The van der Waals surface area contributed by atoms with Crippen LogP contribution in [0, 0.1) is 0 Å². The van der Waals surface area contributed by atoms with Crippen LogP contribution in [0.5, 0.6) is 0 Å². The Balaban J connectivity index is 2.67. The lowest BCUT2D eigenvalue weighted by atomic mass is 10.2. The van der Waals surface area contributed by atoms with Gasteiger partial charge in [0, 0.05) is 0 Å². The molecule has 1 rings (SSSR count). The smallest absolute Gasteiger partial charge is 0.193 e. The van der Waals surface area contributed by atoms with Crippen LogP contribution in [-0.4, -0.2) is 20.2 Å². The lowest BCUT2D eigenvalue weighted by Crippen LogP contribution is -2.45. The number of rotatable bonds is 3. The van der Waals surface area contributed by atoms with Gasteiger partial charge in [0.2, 0.25) is 0 Å². The van der Waals surface area contributed by atoms with Crippen LogP contribution in [0.4, 0.5) is 0 Å². The molecule has 0 bridgehead atoms. The van der Waals surface area contributed by atoms with E-state index in [1.54, 1.807) is 0 Å². The first-order valence-corrected chi connectivity index (χ1v) is 7.80. The summed E-state index contributed by atoms with van der Waals surface area (Å²) in [6.45, 7) is 11.0. The van der Waals surface area contributed by atoms with Crippen molar-refractivity contribution in [2.24, 2.45) is 0 Å². The molecule has 3 heteroatoms. The maximum Gasteiger partial charge on any atom is 0.193 e. The quantitative estimate of drug-likeness (QED) is 0.517. The van der Waals surface area contributed by atoms with Crippen molar-refractivity contribution in [2.75, 3.05) is 0 Å². The molecule has 1 aliphatic rings. The zero-order valence-electron chi connectivity index (χ0n) is 9.31. The van der Waals surface area contributed by atoms with E-state index in [2.05, 4.69) is 33.9 Å². The van der Waals surface area contributed by atoms with Gasteiger partial charge in [-0.2, -0.15) is 0 Å². The number of carbonyl (C=O) groups excluding carboxylic acids is 1. The molecule has 0 atom stereocenters. The van der Waals surface area contributed by atoms with Crippen molar-refractivity contribution >= 4 is 14.6 Å². The molecule has 0 spiro atoms. The van der Waals surface area contributed by atoms with Gasteiger partial charge in [-0.3, -0.25) is 0 Å². The average molecular weight is 200 g/mol. The molecule has 76 valence electrons. The zero-order valence-corrected chi connectivity index (χ0v) is 10.3. The summed E-state index contributed by atoms with van der Waals surface area (Å²) in [6, 6.07) is 0. The molecule has 0 unspecified atom stereocenters. The number of hydrogen-bond donors (Lipinski definition) is 0. The average Bonchev–Trinajstić information content (AvgIpc) is 2.66. The van der Waals surface area contributed by atoms with Crippen LogP contribution in [0.25, 0.3) is 0 Å². The summed E-state index contributed by atoms with van der Waals surface area (Å²) in [5.74, 6) is 0. The summed E-state index contributed by atoms with van der Waals surface area (Å²) in [4.78, 5) is 10.8. The second kappa shape index (κ2) is 2.92. The van der Waals surface area contributed by atoms with Crippen molar-refractivity contribution in [3.05, 3.63) is 0 Å². The van der Waals surface area contributed by atoms with E-state index in [-0.39, 0.29) is 10.6 Å². The summed E-state index contributed by atoms with van der Waals surface area (Å²) < 4.78 is 6.02.